The first-order chi connectivity index (χ1) is 5.36. The van der Waals surface area contributed by atoms with Crippen LogP contribution in [0.2, 0.25) is 0 Å². The summed E-state index contributed by atoms with van der Waals surface area (Å²) in [6.45, 7) is 10.3. The average molecular weight is 171 g/mol. The number of likely N-dealkylation sites (tertiary alicyclic amines) is 1. The monoisotopic (exact) mass is 171 g/mol. The van der Waals surface area contributed by atoms with Crippen LogP contribution in [0.1, 0.15) is 40.5 Å². The van der Waals surface area contributed by atoms with Gasteiger partial charge < -0.3 is 5.11 Å². The maximum atomic E-state index is 9.96. The molecule has 1 aliphatic heterocycles. The highest BCUT2D eigenvalue weighted by molar-refractivity contribution is 4.96. The van der Waals surface area contributed by atoms with Gasteiger partial charge in [-0.3, -0.25) is 4.90 Å². The van der Waals surface area contributed by atoms with Crippen LogP contribution in [0.5, 0.6) is 0 Å². The minimum atomic E-state index is -0.614. The second-order valence-corrected chi connectivity index (χ2v) is 4.81. The molecule has 0 aromatic rings. The number of nitrogens with zero attached hydrogens (tertiary/aromatic N) is 1. The Hall–Kier alpha value is -0.0800. The van der Waals surface area contributed by atoms with E-state index in [9.17, 15) is 5.11 Å². The zero-order chi connectivity index (χ0) is 9.41. The molecule has 0 aromatic heterocycles. The van der Waals surface area contributed by atoms with Gasteiger partial charge >= 0.3 is 0 Å². The van der Waals surface area contributed by atoms with E-state index in [1.807, 2.05) is 13.8 Å². The molecule has 1 saturated heterocycles. The molecule has 1 heterocycles. The van der Waals surface area contributed by atoms with Crippen molar-refractivity contribution >= 4 is 0 Å². The van der Waals surface area contributed by atoms with Crippen LogP contribution < -0.4 is 0 Å². The van der Waals surface area contributed by atoms with Gasteiger partial charge in [-0.1, -0.05) is 0 Å². The van der Waals surface area contributed by atoms with E-state index in [0.717, 1.165) is 13.1 Å². The van der Waals surface area contributed by atoms with E-state index >= 15 is 0 Å². The smallest absolute Gasteiger partial charge is 0.0769 e. The number of aliphatic hydroxyl groups is 1. The Bertz CT molecular complexity index is 152. The molecule has 0 atom stereocenters. The van der Waals surface area contributed by atoms with Crippen molar-refractivity contribution in [1.82, 2.24) is 4.90 Å². The number of hydrogen-bond donors (Lipinski definition) is 1. The minimum absolute atomic E-state index is 0.0937. The van der Waals surface area contributed by atoms with Crippen molar-refractivity contribution in [2.24, 2.45) is 0 Å². The second-order valence-electron chi connectivity index (χ2n) is 4.81. The largest absolute Gasteiger partial charge is 0.389 e. The third kappa shape index (κ3) is 1.64. The van der Waals surface area contributed by atoms with E-state index in [0.29, 0.717) is 0 Å². The summed E-state index contributed by atoms with van der Waals surface area (Å²) >= 11 is 0. The van der Waals surface area contributed by atoms with E-state index in [1.165, 1.54) is 12.8 Å². The molecule has 0 bridgehead atoms. The lowest BCUT2D eigenvalue weighted by Gasteiger charge is -2.44. The predicted octanol–water partition coefficient (Wildman–Crippen LogP) is 1.63. The predicted molar refractivity (Wildman–Crippen MR) is 51.2 cm³/mol. The Labute approximate surface area is 75.6 Å². The van der Waals surface area contributed by atoms with Gasteiger partial charge in [0.2, 0.25) is 0 Å². The first-order valence-electron chi connectivity index (χ1n) is 4.83. The van der Waals surface area contributed by atoms with Crippen molar-refractivity contribution in [1.29, 1.82) is 0 Å². The molecule has 1 N–H and O–H groups in total. The molecule has 2 heteroatoms. The van der Waals surface area contributed by atoms with Gasteiger partial charge in [0.05, 0.1) is 5.60 Å². The fourth-order valence-corrected chi connectivity index (χ4v) is 1.66. The van der Waals surface area contributed by atoms with Gasteiger partial charge in [0.15, 0.2) is 0 Å². The fourth-order valence-electron chi connectivity index (χ4n) is 1.66. The average Bonchev–Trinajstić information content (AvgIpc) is 2.34. The van der Waals surface area contributed by atoms with Gasteiger partial charge in [0, 0.05) is 5.54 Å². The van der Waals surface area contributed by atoms with Crippen LogP contribution in [-0.4, -0.2) is 34.2 Å². The van der Waals surface area contributed by atoms with Gasteiger partial charge in [-0.15, -0.1) is 0 Å². The maximum absolute atomic E-state index is 9.96. The van der Waals surface area contributed by atoms with Crippen LogP contribution >= 0.6 is 0 Å². The normalized spacial score (nSPS) is 21.8. The summed E-state index contributed by atoms with van der Waals surface area (Å²) in [6.07, 6.45) is 2.55. The molecule has 1 aliphatic rings. The summed E-state index contributed by atoms with van der Waals surface area (Å²) in [5.74, 6) is 0. The third-order valence-electron chi connectivity index (χ3n) is 3.39. The molecular weight excluding hydrogens is 150 g/mol. The van der Waals surface area contributed by atoms with E-state index in [1.54, 1.807) is 0 Å². The lowest BCUT2D eigenvalue weighted by atomic mass is 9.84. The summed E-state index contributed by atoms with van der Waals surface area (Å²) in [7, 11) is 0. The van der Waals surface area contributed by atoms with E-state index in [-0.39, 0.29) is 5.54 Å². The SMILES string of the molecule is CC(C)(O)C(C)(C)N1CCCC1. The number of hydrogen-bond acceptors (Lipinski definition) is 2. The Morgan fingerprint density at radius 3 is 1.75 bits per heavy atom. The second kappa shape index (κ2) is 3.00. The molecule has 0 aromatic carbocycles. The molecule has 1 fully saturated rings. The standard InChI is InChI=1S/C10H21NO/c1-9(2,10(3,4)12)11-7-5-6-8-11/h12H,5-8H2,1-4H3. The van der Waals surface area contributed by atoms with Gasteiger partial charge in [0.25, 0.3) is 0 Å². The summed E-state index contributed by atoms with van der Waals surface area (Å²) in [6, 6.07) is 0. The van der Waals surface area contributed by atoms with Gasteiger partial charge in [-0.25, -0.2) is 0 Å². The van der Waals surface area contributed by atoms with Crippen molar-refractivity contribution in [3.8, 4) is 0 Å². The molecule has 0 unspecified atom stereocenters. The highest BCUT2D eigenvalue weighted by Gasteiger charge is 2.40. The van der Waals surface area contributed by atoms with Crippen LogP contribution in [0, 0.1) is 0 Å². The number of rotatable bonds is 2. The van der Waals surface area contributed by atoms with Crippen LogP contribution in [0.25, 0.3) is 0 Å². The molecule has 0 aliphatic carbocycles. The highest BCUT2D eigenvalue weighted by Crippen LogP contribution is 2.30. The highest BCUT2D eigenvalue weighted by atomic mass is 16.3. The van der Waals surface area contributed by atoms with Crippen molar-refractivity contribution in [2.75, 3.05) is 13.1 Å². The van der Waals surface area contributed by atoms with Crippen LogP contribution in [-0.2, 0) is 0 Å². The van der Waals surface area contributed by atoms with Gasteiger partial charge in [-0.2, -0.15) is 0 Å². The molecule has 2 nitrogen and oxygen atoms in total. The molecule has 0 spiro atoms. The lowest BCUT2D eigenvalue weighted by molar-refractivity contribution is -0.0638. The first kappa shape index (κ1) is 10.0. The molecule has 72 valence electrons. The minimum Gasteiger partial charge on any atom is -0.389 e. The summed E-state index contributed by atoms with van der Waals surface area (Å²) in [5.41, 5.74) is -0.707. The van der Waals surface area contributed by atoms with Crippen molar-refractivity contribution in [2.45, 2.75) is 51.7 Å². The zero-order valence-corrected chi connectivity index (χ0v) is 8.72. The van der Waals surface area contributed by atoms with Crippen molar-refractivity contribution < 1.29 is 5.11 Å². The summed E-state index contributed by atoms with van der Waals surface area (Å²) in [4.78, 5) is 2.38. The molecule has 0 amide bonds. The first-order valence-corrected chi connectivity index (χ1v) is 4.83. The molecule has 1 rings (SSSR count). The van der Waals surface area contributed by atoms with Crippen LogP contribution in [0.4, 0.5) is 0 Å². The van der Waals surface area contributed by atoms with Gasteiger partial charge in [-0.05, 0) is 53.6 Å². The van der Waals surface area contributed by atoms with Crippen LogP contribution in [0.15, 0.2) is 0 Å². The Morgan fingerprint density at radius 2 is 1.42 bits per heavy atom. The van der Waals surface area contributed by atoms with Gasteiger partial charge in [0.1, 0.15) is 0 Å². The summed E-state index contributed by atoms with van der Waals surface area (Å²) in [5, 5.41) is 9.96. The third-order valence-corrected chi connectivity index (χ3v) is 3.39. The summed E-state index contributed by atoms with van der Waals surface area (Å²) < 4.78 is 0. The molecule has 0 radical (unpaired) electrons. The quantitative estimate of drug-likeness (QED) is 0.682. The Balaban J connectivity index is 2.69. The van der Waals surface area contributed by atoms with Crippen molar-refractivity contribution in [3.05, 3.63) is 0 Å². The van der Waals surface area contributed by atoms with E-state index in [2.05, 4.69) is 18.7 Å². The molecule has 0 saturated carbocycles. The van der Waals surface area contributed by atoms with Crippen molar-refractivity contribution in [3.63, 3.8) is 0 Å². The maximum Gasteiger partial charge on any atom is 0.0769 e. The molecular formula is C10H21NO. The van der Waals surface area contributed by atoms with E-state index in [4.69, 9.17) is 0 Å². The van der Waals surface area contributed by atoms with Crippen LogP contribution in [0.3, 0.4) is 0 Å². The lowest BCUT2D eigenvalue weighted by Crippen LogP contribution is -2.56. The Kier molecular flexibility index (Phi) is 2.50. The molecule has 12 heavy (non-hydrogen) atoms. The topological polar surface area (TPSA) is 23.5 Å². The Morgan fingerprint density at radius 1 is 1.00 bits per heavy atom. The fraction of sp³-hybridized carbons (Fsp3) is 1.00. The van der Waals surface area contributed by atoms with E-state index < -0.39 is 5.60 Å². The zero-order valence-electron chi connectivity index (χ0n) is 8.72.